The molecule has 120 valence electrons. The van der Waals surface area contributed by atoms with Gasteiger partial charge in [-0.25, -0.2) is 26.3 Å². The lowest BCUT2D eigenvalue weighted by Gasteiger charge is -2.19. The van der Waals surface area contributed by atoms with Crippen molar-refractivity contribution in [1.29, 1.82) is 0 Å². The first-order valence-corrected chi connectivity index (χ1v) is 7.70. The van der Waals surface area contributed by atoms with E-state index in [9.17, 15) is 21.6 Å². The molecule has 3 N–H and O–H groups in total. The van der Waals surface area contributed by atoms with E-state index in [1.54, 1.807) is 0 Å². The third kappa shape index (κ3) is 3.88. The Labute approximate surface area is 127 Å². The zero-order valence-corrected chi connectivity index (χ0v) is 12.6. The third-order valence-corrected chi connectivity index (χ3v) is 5.04. The van der Waals surface area contributed by atoms with Gasteiger partial charge in [-0.3, -0.25) is 0 Å². The van der Waals surface area contributed by atoms with Crippen molar-refractivity contribution in [2.45, 2.75) is 30.2 Å². The van der Waals surface area contributed by atoms with Crippen LogP contribution in [0.4, 0.5) is 13.2 Å². The number of hydrogen-bond acceptors (Lipinski definition) is 3. The minimum atomic E-state index is -4.39. The van der Waals surface area contributed by atoms with Gasteiger partial charge in [0.25, 0.3) is 0 Å². The standard InChI is InChI=1S/C12H15F3N2O2S.ClH/c13-8-4-9(14)12(10(15)5-8)20(18,19)17-11-3-1-2-7(11)6-16;/h4-5,7,11,17H,1-3,6,16H2;1H. The lowest BCUT2D eigenvalue weighted by molar-refractivity contribution is 0.445. The van der Waals surface area contributed by atoms with Gasteiger partial charge in [-0.1, -0.05) is 6.42 Å². The first kappa shape index (κ1) is 18.2. The molecular weight excluding hydrogens is 329 g/mol. The fraction of sp³-hybridized carbons (Fsp3) is 0.500. The van der Waals surface area contributed by atoms with Crippen LogP contribution in [0.15, 0.2) is 17.0 Å². The highest BCUT2D eigenvalue weighted by Crippen LogP contribution is 2.27. The Kier molecular flexibility index (Phi) is 6.03. The lowest BCUT2D eigenvalue weighted by atomic mass is 10.1. The summed E-state index contributed by atoms with van der Waals surface area (Å²) in [5.41, 5.74) is 5.53. The van der Waals surface area contributed by atoms with Crippen LogP contribution in [0.2, 0.25) is 0 Å². The first-order chi connectivity index (χ1) is 9.35. The number of rotatable bonds is 4. The molecule has 0 bridgehead atoms. The van der Waals surface area contributed by atoms with Crippen molar-refractivity contribution in [3.63, 3.8) is 0 Å². The molecule has 2 rings (SSSR count). The van der Waals surface area contributed by atoms with Crippen LogP contribution >= 0.6 is 12.4 Å². The van der Waals surface area contributed by atoms with Crippen molar-refractivity contribution in [1.82, 2.24) is 4.72 Å². The Bertz CT molecular complexity index is 590. The summed E-state index contributed by atoms with van der Waals surface area (Å²) in [6.07, 6.45) is 2.12. The lowest BCUT2D eigenvalue weighted by Crippen LogP contribution is -2.40. The maximum Gasteiger partial charge on any atom is 0.246 e. The van der Waals surface area contributed by atoms with Crippen molar-refractivity contribution in [3.05, 3.63) is 29.6 Å². The summed E-state index contributed by atoms with van der Waals surface area (Å²) in [5.74, 6) is -4.12. The summed E-state index contributed by atoms with van der Waals surface area (Å²) in [5, 5.41) is 0. The van der Waals surface area contributed by atoms with Gasteiger partial charge in [-0.2, -0.15) is 0 Å². The molecule has 1 aliphatic rings. The summed E-state index contributed by atoms with van der Waals surface area (Å²) in [6.45, 7) is 0.293. The molecule has 21 heavy (non-hydrogen) atoms. The molecule has 4 nitrogen and oxygen atoms in total. The predicted octanol–water partition coefficient (Wildman–Crippen LogP) is 1.93. The molecule has 0 aliphatic heterocycles. The van der Waals surface area contributed by atoms with E-state index in [1.165, 1.54) is 0 Å². The maximum atomic E-state index is 13.5. The Hall–Kier alpha value is -0.830. The zero-order valence-electron chi connectivity index (χ0n) is 11.0. The highest BCUT2D eigenvalue weighted by atomic mass is 35.5. The Morgan fingerprint density at radius 1 is 1.19 bits per heavy atom. The van der Waals surface area contributed by atoms with Crippen LogP contribution in [-0.4, -0.2) is 21.0 Å². The van der Waals surface area contributed by atoms with Crippen molar-refractivity contribution in [3.8, 4) is 0 Å². The number of nitrogens with one attached hydrogen (secondary N) is 1. The molecular formula is C12H16ClF3N2O2S. The van der Waals surface area contributed by atoms with Gasteiger partial charge in [-0.05, 0) is 25.3 Å². The summed E-state index contributed by atoms with van der Waals surface area (Å²) in [4.78, 5) is -1.15. The number of benzene rings is 1. The van der Waals surface area contributed by atoms with Gasteiger partial charge in [-0.15, -0.1) is 12.4 Å². The fourth-order valence-corrected chi connectivity index (χ4v) is 3.98. The molecule has 2 unspecified atom stereocenters. The smallest absolute Gasteiger partial charge is 0.246 e. The molecule has 2 atom stereocenters. The quantitative estimate of drug-likeness (QED) is 0.876. The van der Waals surface area contributed by atoms with Crippen molar-refractivity contribution < 1.29 is 21.6 Å². The fourth-order valence-electron chi connectivity index (χ4n) is 2.52. The van der Waals surface area contributed by atoms with E-state index in [2.05, 4.69) is 4.72 Å². The second-order valence-corrected chi connectivity index (χ2v) is 6.50. The molecule has 0 amide bonds. The van der Waals surface area contributed by atoms with E-state index in [0.717, 1.165) is 12.8 Å². The zero-order chi connectivity index (χ0) is 14.9. The molecule has 1 aromatic rings. The Morgan fingerprint density at radius 3 is 2.29 bits per heavy atom. The second kappa shape index (κ2) is 6.95. The molecule has 1 saturated carbocycles. The van der Waals surface area contributed by atoms with Gasteiger partial charge in [0, 0.05) is 18.2 Å². The van der Waals surface area contributed by atoms with Gasteiger partial charge in [0.05, 0.1) is 0 Å². The molecule has 0 aromatic heterocycles. The summed E-state index contributed by atoms with van der Waals surface area (Å²) >= 11 is 0. The van der Waals surface area contributed by atoms with E-state index in [4.69, 9.17) is 5.73 Å². The Balaban J connectivity index is 0.00000220. The van der Waals surface area contributed by atoms with Gasteiger partial charge >= 0.3 is 0 Å². The second-order valence-electron chi connectivity index (χ2n) is 4.85. The van der Waals surface area contributed by atoms with Crippen molar-refractivity contribution in [2.75, 3.05) is 6.54 Å². The highest BCUT2D eigenvalue weighted by molar-refractivity contribution is 7.89. The van der Waals surface area contributed by atoms with Crippen LogP contribution in [0.5, 0.6) is 0 Å². The molecule has 0 saturated heterocycles. The van der Waals surface area contributed by atoms with Gasteiger partial charge < -0.3 is 5.73 Å². The molecule has 9 heteroatoms. The van der Waals surface area contributed by atoms with E-state index in [0.29, 0.717) is 25.1 Å². The average molecular weight is 345 g/mol. The summed E-state index contributed by atoms with van der Waals surface area (Å²) in [6, 6.07) is 0.230. The maximum absolute atomic E-state index is 13.5. The van der Waals surface area contributed by atoms with E-state index in [-0.39, 0.29) is 18.3 Å². The van der Waals surface area contributed by atoms with Crippen LogP contribution < -0.4 is 10.5 Å². The predicted molar refractivity (Wildman–Crippen MR) is 74.1 cm³/mol. The topological polar surface area (TPSA) is 72.2 Å². The van der Waals surface area contributed by atoms with Crippen molar-refractivity contribution >= 4 is 22.4 Å². The van der Waals surface area contributed by atoms with Gasteiger partial charge in [0.2, 0.25) is 10.0 Å². The number of nitrogens with two attached hydrogens (primary N) is 1. The molecule has 0 heterocycles. The van der Waals surface area contributed by atoms with Gasteiger partial charge in [0.15, 0.2) is 4.90 Å². The monoisotopic (exact) mass is 344 g/mol. The van der Waals surface area contributed by atoms with E-state index >= 15 is 0 Å². The average Bonchev–Trinajstić information content (AvgIpc) is 2.73. The SMILES string of the molecule is Cl.NCC1CCCC1NS(=O)(=O)c1c(F)cc(F)cc1F. The number of halogens is 4. The first-order valence-electron chi connectivity index (χ1n) is 6.22. The van der Waals surface area contributed by atoms with Crippen LogP contribution in [0, 0.1) is 23.4 Å². The van der Waals surface area contributed by atoms with Crippen LogP contribution in [0.1, 0.15) is 19.3 Å². The third-order valence-electron chi connectivity index (χ3n) is 3.50. The van der Waals surface area contributed by atoms with Crippen LogP contribution in [0.25, 0.3) is 0 Å². The van der Waals surface area contributed by atoms with Gasteiger partial charge in [0.1, 0.15) is 17.5 Å². The molecule has 1 aromatic carbocycles. The number of hydrogen-bond donors (Lipinski definition) is 2. The normalized spacial score (nSPS) is 22.1. The highest BCUT2D eigenvalue weighted by Gasteiger charge is 2.33. The number of sulfonamides is 1. The molecule has 1 fully saturated rings. The van der Waals surface area contributed by atoms with Crippen molar-refractivity contribution in [2.24, 2.45) is 11.7 Å². The van der Waals surface area contributed by atoms with Crippen LogP contribution in [-0.2, 0) is 10.0 Å². The minimum absolute atomic E-state index is 0. The molecule has 0 spiro atoms. The molecule has 1 aliphatic carbocycles. The summed E-state index contributed by atoms with van der Waals surface area (Å²) in [7, 11) is -4.39. The largest absolute Gasteiger partial charge is 0.330 e. The Morgan fingerprint density at radius 2 is 1.76 bits per heavy atom. The molecule has 0 radical (unpaired) electrons. The van der Waals surface area contributed by atoms with Crippen LogP contribution in [0.3, 0.4) is 0 Å². The summed E-state index contributed by atoms with van der Waals surface area (Å²) < 4.78 is 66.2. The van der Waals surface area contributed by atoms with E-state index in [1.807, 2.05) is 0 Å². The minimum Gasteiger partial charge on any atom is -0.330 e. The van der Waals surface area contributed by atoms with E-state index < -0.39 is 38.4 Å².